The molecule has 1 aliphatic heterocycles. The lowest BCUT2D eigenvalue weighted by atomic mass is 10.1. The maximum atomic E-state index is 12.6. The Morgan fingerprint density at radius 2 is 2.07 bits per heavy atom. The zero-order valence-corrected chi connectivity index (χ0v) is 19.4. The number of aryl methyl sites for hydroxylation is 1. The number of hydrogen-bond donors (Lipinski definition) is 2. The Kier molecular flexibility index (Phi) is 9.47. The molecule has 1 atom stereocenters. The Morgan fingerprint density at radius 1 is 1.29 bits per heavy atom. The fraction of sp³-hybridized carbons (Fsp3) is 0.667. The second-order valence-corrected chi connectivity index (χ2v) is 7.71. The van der Waals surface area contributed by atoms with Gasteiger partial charge in [0.2, 0.25) is 5.91 Å². The monoisotopic (exact) mass is 499 g/mol. The zero-order valence-electron chi connectivity index (χ0n) is 17.1. The largest absolute Gasteiger partial charge is 0.357 e. The molecule has 1 aromatic heterocycles. The molecule has 1 aliphatic carbocycles. The summed E-state index contributed by atoms with van der Waals surface area (Å²) in [7, 11) is 0. The summed E-state index contributed by atoms with van der Waals surface area (Å²) in [6.07, 6.45) is 8.36. The first-order valence-electron chi connectivity index (χ1n) is 10.4. The average molecular weight is 499 g/mol. The fourth-order valence-electron chi connectivity index (χ4n) is 3.97. The summed E-state index contributed by atoms with van der Waals surface area (Å²) in [5, 5.41) is 6.84. The lowest BCUT2D eigenvalue weighted by Gasteiger charge is -2.21. The summed E-state index contributed by atoms with van der Waals surface area (Å²) >= 11 is 0. The zero-order chi connectivity index (χ0) is 19.1. The predicted molar refractivity (Wildman–Crippen MR) is 124 cm³/mol. The molecule has 0 spiro atoms. The lowest BCUT2D eigenvalue weighted by Crippen LogP contribution is -2.45. The van der Waals surface area contributed by atoms with Gasteiger partial charge < -0.3 is 15.5 Å². The molecular formula is C21H34IN5O. The van der Waals surface area contributed by atoms with Crippen molar-refractivity contribution in [2.75, 3.05) is 26.2 Å². The van der Waals surface area contributed by atoms with Crippen molar-refractivity contribution in [2.24, 2.45) is 10.9 Å². The Balaban J connectivity index is 0.00000280. The molecule has 0 bridgehead atoms. The molecule has 2 fully saturated rings. The minimum absolute atomic E-state index is 0. The van der Waals surface area contributed by atoms with Crippen LogP contribution in [0, 0.1) is 12.8 Å². The summed E-state index contributed by atoms with van der Waals surface area (Å²) in [6, 6.07) is 4.44. The van der Waals surface area contributed by atoms with Crippen LogP contribution >= 0.6 is 24.0 Å². The van der Waals surface area contributed by atoms with Crippen LogP contribution in [-0.4, -0.2) is 54.0 Å². The van der Waals surface area contributed by atoms with Crippen LogP contribution in [0.4, 0.5) is 0 Å². The number of carbonyl (C=O) groups is 1. The van der Waals surface area contributed by atoms with Crippen molar-refractivity contribution in [3.05, 3.63) is 29.6 Å². The highest BCUT2D eigenvalue weighted by atomic mass is 127. The molecule has 1 saturated heterocycles. The number of guanidine groups is 1. The molecule has 28 heavy (non-hydrogen) atoms. The summed E-state index contributed by atoms with van der Waals surface area (Å²) in [4.78, 5) is 23.7. The van der Waals surface area contributed by atoms with E-state index in [0.717, 1.165) is 63.5 Å². The van der Waals surface area contributed by atoms with Crippen molar-refractivity contribution in [3.8, 4) is 0 Å². The SMILES string of the molecule is CCNC(=NCCc1ccc(C)nc1)NC1CCN(C(=O)C2CCCC2)C1.I. The van der Waals surface area contributed by atoms with E-state index in [1.807, 2.05) is 19.2 Å². The molecular weight excluding hydrogens is 465 g/mol. The van der Waals surface area contributed by atoms with Gasteiger partial charge >= 0.3 is 0 Å². The third-order valence-electron chi connectivity index (χ3n) is 5.53. The molecule has 2 heterocycles. The van der Waals surface area contributed by atoms with E-state index in [4.69, 9.17) is 4.99 Å². The van der Waals surface area contributed by atoms with Crippen LogP contribution in [0.25, 0.3) is 0 Å². The van der Waals surface area contributed by atoms with E-state index < -0.39 is 0 Å². The van der Waals surface area contributed by atoms with Gasteiger partial charge in [0.1, 0.15) is 0 Å². The minimum atomic E-state index is 0. The molecule has 1 aromatic rings. The topological polar surface area (TPSA) is 69.6 Å². The number of aliphatic imine (C=N–C) groups is 1. The highest BCUT2D eigenvalue weighted by Gasteiger charge is 2.32. The quantitative estimate of drug-likeness (QED) is 0.359. The number of carbonyl (C=O) groups excluding carboxylic acids is 1. The second-order valence-electron chi connectivity index (χ2n) is 7.71. The van der Waals surface area contributed by atoms with Crippen molar-refractivity contribution in [1.82, 2.24) is 20.5 Å². The van der Waals surface area contributed by atoms with E-state index in [0.29, 0.717) is 5.91 Å². The van der Waals surface area contributed by atoms with Gasteiger partial charge in [0.15, 0.2) is 5.96 Å². The normalized spacial score (nSPS) is 20.1. The van der Waals surface area contributed by atoms with Gasteiger partial charge in [0, 0.05) is 50.0 Å². The first kappa shape index (κ1) is 22.9. The average Bonchev–Trinajstić information content (AvgIpc) is 3.35. The van der Waals surface area contributed by atoms with Crippen LogP contribution in [0.1, 0.15) is 50.3 Å². The van der Waals surface area contributed by atoms with Crippen LogP contribution < -0.4 is 10.6 Å². The Labute approximate surface area is 186 Å². The predicted octanol–water partition coefficient (Wildman–Crippen LogP) is 2.90. The van der Waals surface area contributed by atoms with Crippen molar-refractivity contribution in [2.45, 2.75) is 58.4 Å². The third-order valence-corrected chi connectivity index (χ3v) is 5.53. The van der Waals surface area contributed by atoms with Gasteiger partial charge in [0.05, 0.1) is 0 Å². The first-order valence-corrected chi connectivity index (χ1v) is 10.4. The summed E-state index contributed by atoms with van der Waals surface area (Å²) < 4.78 is 0. The molecule has 2 aliphatic rings. The van der Waals surface area contributed by atoms with Crippen molar-refractivity contribution in [3.63, 3.8) is 0 Å². The Hall–Kier alpha value is -1.38. The molecule has 1 amide bonds. The van der Waals surface area contributed by atoms with E-state index in [1.165, 1.54) is 18.4 Å². The number of pyridine rings is 1. The lowest BCUT2D eigenvalue weighted by molar-refractivity contribution is -0.134. The third kappa shape index (κ3) is 6.60. The maximum absolute atomic E-state index is 12.6. The van der Waals surface area contributed by atoms with Gasteiger partial charge in [-0.05, 0) is 51.2 Å². The van der Waals surface area contributed by atoms with E-state index in [9.17, 15) is 4.79 Å². The minimum Gasteiger partial charge on any atom is -0.357 e. The van der Waals surface area contributed by atoms with E-state index in [-0.39, 0.29) is 35.9 Å². The number of nitrogens with one attached hydrogen (secondary N) is 2. The van der Waals surface area contributed by atoms with Gasteiger partial charge in [-0.15, -0.1) is 24.0 Å². The highest BCUT2D eigenvalue weighted by molar-refractivity contribution is 14.0. The van der Waals surface area contributed by atoms with Gasteiger partial charge in [0.25, 0.3) is 0 Å². The second kappa shape index (κ2) is 11.6. The molecule has 0 aromatic carbocycles. The van der Waals surface area contributed by atoms with E-state index in [1.54, 1.807) is 0 Å². The molecule has 2 N–H and O–H groups in total. The molecule has 3 rings (SSSR count). The molecule has 0 radical (unpaired) electrons. The number of likely N-dealkylation sites (tertiary alicyclic amines) is 1. The molecule has 1 unspecified atom stereocenters. The van der Waals surface area contributed by atoms with Gasteiger partial charge in [-0.3, -0.25) is 14.8 Å². The van der Waals surface area contributed by atoms with E-state index >= 15 is 0 Å². The number of halogens is 1. The van der Waals surface area contributed by atoms with Crippen LogP contribution in [0.2, 0.25) is 0 Å². The number of hydrogen-bond acceptors (Lipinski definition) is 3. The summed E-state index contributed by atoms with van der Waals surface area (Å²) in [6.45, 7) is 7.28. The van der Waals surface area contributed by atoms with Crippen LogP contribution in [-0.2, 0) is 11.2 Å². The van der Waals surface area contributed by atoms with Crippen molar-refractivity contribution >= 4 is 35.8 Å². The Morgan fingerprint density at radius 3 is 2.75 bits per heavy atom. The molecule has 7 heteroatoms. The molecule has 1 saturated carbocycles. The molecule has 156 valence electrons. The van der Waals surface area contributed by atoms with Crippen LogP contribution in [0.15, 0.2) is 23.3 Å². The fourth-order valence-corrected chi connectivity index (χ4v) is 3.97. The van der Waals surface area contributed by atoms with Gasteiger partial charge in [-0.2, -0.15) is 0 Å². The molecule has 6 nitrogen and oxygen atoms in total. The standard InChI is InChI=1S/C21H33N5O.HI/c1-3-22-21(23-12-10-17-9-8-16(2)24-14-17)25-19-11-13-26(15-19)20(27)18-6-4-5-7-18;/h8-9,14,18-19H,3-7,10-13,15H2,1-2H3,(H2,22,23,25);1H. The van der Waals surface area contributed by atoms with Crippen LogP contribution in [0.5, 0.6) is 0 Å². The summed E-state index contributed by atoms with van der Waals surface area (Å²) in [5.41, 5.74) is 2.24. The number of nitrogens with zero attached hydrogens (tertiary/aromatic N) is 3. The van der Waals surface area contributed by atoms with Gasteiger partial charge in [-0.25, -0.2) is 0 Å². The highest BCUT2D eigenvalue weighted by Crippen LogP contribution is 2.27. The number of amides is 1. The number of rotatable bonds is 6. The van der Waals surface area contributed by atoms with Crippen molar-refractivity contribution in [1.29, 1.82) is 0 Å². The first-order chi connectivity index (χ1) is 13.2. The Bertz CT molecular complexity index is 643. The van der Waals surface area contributed by atoms with Gasteiger partial charge in [-0.1, -0.05) is 18.9 Å². The van der Waals surface area contributed by atoms with Crippen molar-refractivity contribution < 1.29 is 4.79 Å². The summed E-state index contributed by atoms with van der Waals surface area (Å²) in [5.74, 6) is 1.48. The van der Waals surface area contributed by atoms with Crippen LogP contribution in [0.3, 0.4) is 0 Å². The smallest absolute Gasteiger partial charge is 0.225 e. The number of aromatic nitrogens is 1. The maximum Gasteiger partial charge on any atom is 0.225 e. The van der Waals surface area contributed by atoms with E-state index in [2.05, 4.69) is 33.5 Å².